The number of nitrogens with zero attached hydrogens (tertiary/aromatic N) is 2. The summed E-state index contributed by atoms with van der Waals surface area (Å²) in [7, 11) is 1.85. The van der Waals surface area contributed by atoms with Crippen LogP contribution >= 0.6 is 34.0 Å². The number of anilines is 1. The summed E-state index contributed by atoms with van der Waals surface area (Å²) in [4.78, 5) is 0. The fourth-order valence-corrected chi connectivity index (χ4v) is 1.37. The summed E-state index contributed by atoms with van der Waals surface area (Å²) in [6.07, 6.45) is 0.992. The highest BCUT2D eigenvalue weighted by Crippen LogP contribution is 2.12. The molecular formula is C8H14Br2N4. The molecule has 0 saturated carbocycles. The Hall–Kier alpha value is -0.200. The normalized spacial score (nSPS) is 13.2. The monoisotopic (exact) mass is 324 g/mol. The third kappa shape index (κ3) is 2.90. The van der Waals surface area contributed by atoms with Crippen molar-refractivity contribution in [2.24, 2.45) is 0 Å². The second-order valence-electron chi connectivity index (χ2n) is 2.88. The maximum absolute atomic E-state index is 4.14. The lowest BCUT2D eigenvalue weighted by Gasteiger charge is -2.15. The van der Waals surface area contributed by atoms with Gasteiger partial charge in [0, 0.05) is 26.6 Å². The predicted octanol–water partition coefficient (Wildman–Crippen LogP) is 1.32. The number of nitrogens with one attached hydrogen (secondary N) is 2. The average Bonchev–Trinajstić information content (AvgIpc) is 2.17. The van der Waals surface area contributed by atoms with E-state index in [0.717, 1.165) is 31.0 Å². The van der Waals surface area contributed by atoms with Crippen LogP contribution in [0.2, 0.25) is 0 Å². The molecule has 0 saturated heterocycles. The van der Waals surface area contributed by atoms with Crippen molar-refractivity contribution < 1.29 is 0 Å². The van der Waals surface area contributed by atoms with Crippen LogP contribution in [0.3, 0.4) is 0 Å². The average molecular weight is 326 g/mol. The van der Waals surface area contributed by atoms with Crippen LogP contribution in [0.25, 0.3) is 0 Å². The smallest absolute Gasteiger partial charge is 0.148 e. The van der Waals surface area contributed by atoms with Crippen molar-refractivity contribution in [1.29, 1.82) is 0 Å². The molecule has 0 unspecified atom stereocenters. The molecule has 2 N–H and O–H groups in total. The Kier molecular flexibility index (Phi) is 6.22. The third-order valence-electron chi connectivity index (χ3n) is 2.07. The van der Waals surface area contributed by atoms with Crippen molar-refractivity contribution in [1.82, 2.24) is 15.5 Å². The molecule has 0 radical (unpaired) electrons. The summed E-state index contributed by atoms with van der Waals surface area (Å²) >= 11 is 0. The molecule has 6 heteroatoms. The van der Waals surface area contributed by atoms with Gasteiger partial charge < -0.3 is 10.6 Å². The van der Waals surface area contributed by atoms with Crippen LogP contribution in [0.4, 0.5) is 5.82 Å². The van der Waals surface area contributed by atoms with Crippen molar-refractivity contribution >= 4 is 39.8 Å². The molecule has 0 bridgehead atoms. The summed E-state index contributed by atoms with van der Waals surface area (Å²) in [5.41, 5.74) is 2.40. The van der Waals surface area contributed by atoms with Gasteiger partial charge >= 0.3 is 0 Å². The molecule has 80 valence electrons. The minimum absolute atomic E-state index is 0. The molecule has 0 fully saturated rings. The first kappa shape index (κ1) is 13.8. The largest absolute Gasteiger partial charge is 0.372 e. The Morgan fingerprint density at radius 3 is 2.86 bits per heavy atom. The zero-order valence-electron chi connectivity index (χ0n) is 7.91. The second kappa shape index (κ2) is 6.31. The second-order valence-corrected chi connectivity index (χ2v) is 2.88. The molecule has 1 aliphatic heterocycles. The van der Waals surface area contributed by atoms with Gasteiger partial charge in [0.25, 0.3) is 0 Å². The highest BCUT2D eigenvalue weighted by molar-refractivity contribution is 8.93. The van der Waals surface area contributed by atoms with Crippen LogP contribution in [0.5, 0.6) is 0 Å². The first-order valence-corrected chi connectivity index (χ1v) is 4.14. The van der Waals surface area contributed by atoms with Gasteiger partial charge in [0.15, 0.2) is 0 Å². The number of rotatable bonds is 1. The molecule has 1 aliphatic rings. The summed E-state index contributed by atoms with van der Waals surface area (Å²) in [5, 5.41) is 14.4. The molecule has 0 aliphatic carbocycles. The number of hydrogen-bond acceptors (Lipinski definition) is 4. The van der Waals surface area contributed by atoms with E-state index in [-0.39, 0.29) is 34.0 Å². The minimum atomic E-state index is 0. The first-order valence-electron chi connectivity index (χ1n) is 4.14. The Morgan fingerprint density at radius 2 is 2.14 bits per heavy atom. The van der Waals surface area contributed by atoms with Crippen LogP contribution in [0.15, 0.2) is 6.07 Å². The summed E-state index contributed by atoms with van der Waals surface area (Å²) < 4.78 is 0. The van der Waals surface area contributed by atoms with Crippen molar-refractivity contribution in [3.63, 3.8) is 0 Å². The fraction of sp³-hybridized carbons (Fsp3) is 0.500. The van der Waals surface area contributed by atoms with Crippen LogP contribution in [0, 0.1) is 0 Å². The van der Waals surface area contributed by atoms with Gasteiger partial charge in [-0.05, 0) is 11.6 Å². The van der Waals surface area contributed by atoms with Crippen molar-refractivity contribution in [3.05, 3.63) is 17.3 Å². The maximum Gasteiger partial charge on any atom is 0.148 e. The van der Waals surface area contributed by atoms with Crippen molar-refractivity contribution in [2.45, 2.75) is 13.0 Å². The van der Waals surface area contributed by atoms with Gasteiger partial charge in [0.05, 0.1) is 5.69 Å². The molecule has 1 aromatic heterocycles. The Bertz CT molecular complexity index is 293. The third-order valence-corrected chi connectivity index (χ3v) is 2.07. The van der Waals surface area contributed by atoms with E-state index < -0.39 is 0 Å². The van der Waals surface area contributed by atoms with E-state index in [1.807, 2.05) is 7.05 Å². The van der Waals surface area contributed by atoms with Gasteiger partial charge in [-0.15, -0.1) is 39.1 Å². The van der Waals surface area contributed by atoms with E-state index in [0.29, 0.717) is 0 Å². The number of hydrogen-bond donors (Lipinski definition) is 2. The zero-order valence-corrected chi connectivity index (χ0v) is 11.3. The summed E-state index contributed by atoms with van der Waals surface area (Å²) in [6, 6.07) is 2.05. The van der Waals surface area contributed by atoms with E-state index in [1.165, 1.54) is 5.56 Å². The van der Waals surface area contributed by atoms with Gasteiger partial charge in [-0.1, -0.05) is 0 Å². The molecule has 0 aromatic carbocycles. The van der Waals surface area contributed by atoms with Gasteiger partial charge in [-0.3, -0.25) is 0 Å². The highest BCUT2D eigenvalue weighted by atomic mass is 79.9. The molecule has 1 aromatic rings. The predicted molar refractivity (Wildman–Crippen MR) is 67.6 cm³/mol. The molecule has 2 heterocycles. The Balaban J connectivity index is 0.000000845. The summed E-state index contributed by atoms with van der Waals surface area (Å²) in [5.74, 6) is 0.845. The quantitative estimate of drug-likeness (QED) is 0.817. The maximum atomic E-state index is 4.14. The molecule has 0 spiro atoms. The van der Waals surface area contributed by atoms with E-state index >= 15 is 0 Å². The van der Waals surface area contributed by atoms with E-state index in [4.69, 9.17) is 0 Å². The molecule has 0 atom stereocenters. The number of fused-ring (bicyclic) bond motifs is 1. The minimum Gasteiger partial charge on any atom is -0.372 e. The topological polar surface area (TPSA) is 49.8 Å². The Morgan fingerprint density at radius 1 is 1.36 bits per heavy atom. The van der Waals surface area contributed by atoms with E-state index in [9.17, 15) is 0 Å². The number of aromatic nitrogens is 2. The highest BCUT2D eigenvalue weighted by Gasteiger charge is 2.10. The van der Waals surface area contributed by atoms with E-state index in [2.05, 4.69) is 26.9 Å². The zero-order chi connectivity index (χ0) is 8.39. The van der Waals surface area contributed by atoms with Gasteiger partial charge in [-0.2, -0.15) is 5.10 Å². The van der Waals surface area contributed by atoms with Crippen molar-refractivity contribution in [3.8, 4) is 0 Å². The van der Waals surface area contributed by atoms with Crippen LogP contribution in [0.1, 0.15) is 11.3 Å². The van der Waals surface area contributed by atoms with E-state index in [1.54, 1.807) is 0 Å². The standard InChI is InChI=1S/C8H12N4.2BrH/c1-9-8-4-6-5-10-3-2-7(6)11-12-8;;/h4,10H,2-3,5H2,1H3,(H,9,12);2*1H. The lowest BCUT2D eigenvalue weighted by Crippen LogP contribution is -2.25. The Labute approximate surface area is 104 Å². The SMILES string of the molecule is Br.Br.CNc1cc2c(nn1)CCNC2. The lowest BCUT2D eigenvalue weighted by atomic mass is 10.1. The first-order chi connectivity index (χ1) is 5.90. The van der Waals surface area contributed by atoms with Crippen LogP contribution in [-0.2, 0) is 13.0 Å². The summed E-state index contributed by atoms with van der Waals surface area (Å²) in [6.45, 7) is 1.93. The van der Waals surface area contributed by atoms with Crippen LogP contribution in [-0.4, -0.2) is 23.8 Å². The molecule has 4 nitrogen and oxygen atoms in total. The molecule has 14 heavy (non-hydrogen) atoms. The fourth-order valence-electron chi connectivity index (χ4n) is 1.37. The van der Waals surface area contributed by atoms with Crippen molar-refractivity contribution in [2.75, 3.05) is 18.9 Å². The van der Waals surface area contributed by atoms with Crippen LogP contribution < -0.4 is 10.6 Å². The lowest BCUT2D eigenvalue weighted by molar-refractivity contribution is 0.621. The molecule has 0 amide bonds. The van der Waals surface area contributed by atoms with Gasteiger partial charge in [0.2, 0.25) is 0 Å². The molecule has 2 rings (SSSR count). The van der Waals surface area contributed by atoms with Gasteiger partial charge in [-0.25, -0.2) is 0 Å². The van der Waals surface area contributed by atoms with Gasteiger partial charge in [0.1, 0.15) is 5.82 Å². The molecular weight excluding hydrogens is 312 g/mol. The number of halogens is 2.